The van der Waals surface area contributed by atoms with Gasteiger partial charge in [0.05, 0.1) is 5.25 Å². The van der Waals surface area contributed by atoms with Crippen molar-refractivity contribution in [3.05, 3.63) is 5.82 Å². The molecule has 0 amide bonds. The van der Waals surface area contributed by atoms with Gasteiger partial charge in [0.2, 0.25) is 10.0 Å². The van der Waals surface area contributed by atoms with Gasteiger partial charge in [0.15, 0.2) is 0 Å². The number of hydrogen-bond donors (Lipinski definition) is 2. The van der Waals surface area contributed by atoms with E-state index >= 15 is 0 Å². The molecule has 0 aromatic carbocycles. The largest absolute Gasteiger partial charge is 0.461 e. The first-order chi connectivity index (χ1) is 12.3. The van der Waals surface area contributed by atoms with Crippen LogP contribution in [0.1, 0.15) is 45.4 Å². The van der Waals surface area contributed by atoms with Crippen LogP contribution in [0.25, 0.3) is 0 Å². The number of nitrogens with zero attached hydrogens (tertiary/aromatic N) is 2. The van der Waals surface area contributed by atoms with Gasteiger partial charge in [0.1, 0.15) is 0 Å². The van der Waals surface area contributed by atoms with Crippen LogP contribution in [0, 0.1) is 5.92 Å². The molecule has 1 aliphatic carbocycles. The normalized spacial score (nSPS) is 22.2. The van der Waals surface area contributed by atoms with Gasteiger partial charge in [0.25, 0.3) is 5.82 Å². The number of aromatic nitrogens is 2. The van der Waals surface area contributed by atoms with Gasteiger partial charge < -0.3 is 9.84 Å². The Morgan fingerprint density at radius 1 is 1.15 bits per heavy atom. The first-order valence-corrected chi connectivity index (χ1v) is 9.91. The van der Waals surface area contributed by atoms with Crippen molar-refractivity contribution in [1.29, 1.82) is 0 Å². The molecule has 13 heteroatoms. The number of nitrogens with one attached hydrogen (secondary N) is 2. The molecular formula is C14H21F5N4O3S. The maximum atomic E-state index is 13.2. The Hall–Kier alpha value is -1.50. The molecule has 0 unspecified atom stereocenters. The van der Waals surface area contributed by atoms with Gasteiger partial charge in [-0.25, -0.2) is 13.1 Å². The molecular weight excluding hydrogens is 399 g/mol. The van der Waals surface area contributed by atoms with Crippen molar-refractivity contribution in [3.8, 4) is 0 Å². The summed E-state index contributed by atoms with van der Waals surface area (Å²) in [5.41, 5.74) is 0. The molecule has 1 aliphatic rings. The highest BCUT2D eigenvalue weighted by molar-refractivity contribution is 7.90. The van der Waals surface area contributed by atoms with Gasteiger partial charge >= 0.3 is 18.1 Å². The zero-order valence-corrected chi connectivity index (χ0v) is 15.5. The summed E-state index contributed by atoms with van der Waals surface area (Å²) in [6.45, 7) is 3.45. The average molecular weight is 420 g/mol. The Balaban J connectivity index is 1.85. The lowest BCUT2D eigenvalue weighted by atomic mass is 9.86. The van der Waals surface area contributed by atoms with Gasteiger partial charge in [0, 0.05) is 12.6 Å². The van der Waals surface area contributed by atoms with Gasteiger partial charge in [-0.3, -0.25) is 0 Å². The van der Waals surface area contributed by atoms with E-state index in [0.717, 1.165) is 0 Å². The molecule has 0 spiro atoms. The number of sulfonamides is 1. The van der Waals surface area contributed by atoms with Crippen LogP contribution in [0.3, 0.4) is 0 Å². The van der Waals surface area contributed by atoms with Crippen LogP contribution in [0.15, 0.2) is 4.52 Å². The van der Waals surface area contributed by atoms with Crippen molar-refractivity contribution in [1.82, 2.24) is 14.9 Å². The number of anilines is 1. The van der Waals surface area contributed by atoms with Crippen molar-refractivity contribution in [2.45, 2.75) is 62.9 Å². The Labute approximate surface area is 153 Å². The molecule has 0 radical (unpaired) electrons. The molecule has 156 valence electrons. The van der Waals surface area contributed by atoms with Crippen LogP contribution in [0.5, 0.6) is 0 Å². The summed E-state index contributed by atoms with van der Waals surface area (Å²) in [6.07, 6.45) is -3.39. The highest BCUT2D eigenvalue weighted by atomic mass is 32.2. The Morgan fingerprint density at radius 3 is 2.26 bits per heavy atom. The monoisotopic (exact) mass is 420 g/mol. The zero-order valence-electron chi connectivity index (χ0n) is 14.7. The lowest BCUT2D eigenvalue weighted by molar-refractivity contribution is -0.293. The molecule has 0 saturated heterocycles. The van der Waals surface area contributed by atoms with E-state index in [9.17, 15) is 30.4 Å². The second kappa shape index (κ2) is 7.86. The van der Waals surface area contributed by atoms with Crippen molar-refractivity contribution in [3.63, 3.8) is 0 Å². The Morgan fingerprint density at radius 2 is 1.74 bits per heavy atom. The third kappa shape index (κ3) is 5.27. The summed E-state index contributed by atoms with van der Waals surface area (Å²) in [6, 6.07) is -0.742. The molecule has 1 heterocycles. The smallest absolute Gasteiger partial charge is 0.335 e. The maximum absolute atomic E-state index is 13.2. The standard InChI is InChI=1S/C14H21F5N4O3S/c1-8(2)27(24,25)20-7-9-3-5-10(6-4-9)21-12-22-11(23-26-12)13(15,16)14(17,18)19/h8-10,20H,3-7H2,1-2H3,(H,21,22,23)/t9-,10-. The summed E-state index contributed by atoms with van der Waals surface area (Å²) in [7, 11) is -3.34. The number of rotatable bonds is 7. The number of alkyl halides is 5. The molecule has 1 saturated carbocycles. The minimum absolute atomic E-state index is 0.115. The van der Waals surface area contributed by atoms with Gasteiger partial charge in [-0.1, -0.05) is 5.16 Å². The van der Waals surface area contributed by atoms with Crippen LogP contribution in [-0.2, 0) is 15.9 Å². The van der Waals surface area contributed by atoms with E-state index in [1.807, 2.05) is 0 Å². The first kappa shape index (κ1) is 21.8. The molecule has 0 bridgehead atoms. The highest BCUT2D eigenvalue weighted by Crippen LogP contribution is 2.42. The summed E-state index contributed by atoms with van der Waals surface area (Å²) in [4.78, 5) is 3.10. The molecule has 0 aliphatic heterocycles. The second-order valence-electron chi connectivity index (χ2n) is 6.80. The molecule has 7 nitrogen and oxygen atoms in total. The summed E-state index contributed by atoms with van der Waals surface area (Å²) >= 11 is 0. The van der Waals surface area contributed by atoms with Crippen LogP contribution >= 0.6 is 0 Å². The second-order valence-corrected chi connectivity index (χ2v) is 9.12. The lowest BCUT2D eigenvalue weighted by Crippen LogP contribution is -2.37. The maximum Gasteiger partial charge on any atom is 0.461 e. The van der Waals surface area contributed by atoms with Crippen LogP contribution in [0.4, 0.5) is 28.0 Å². The van der Waals surface area contributed by atoms with Gasteiger partial charge in [-0.15, -0.1) is 0 Å². The zero-order chi connectivity index (χ0) is 20.5. The van der Waals surface area contributed by atoms with Gasteiger partial charge in [-0.2, -0.15) is 26.9 Å². The number of hydrogen-bond acceptors (Lipinski definition) is 6. The topological polar surface area (TPSA) is 97.1 Å². The van der Waals surface area contributed by atoms with E-state index in [1.165, 1.54) is 0 Å². The molecule has 27 heavy (non-hydrogen) atoms. The van der Waals surface area contributed by atoms with Crippen molar-refractivity contribution in [2.75, 3.05) is 11.9 Å². The first-order valence-electron chi connectivity index (χ1n) is 8.36. The van der Waals surface area contributed by atoms with Crippen molar-refractivity contribution in [2.24, 2.45) is 5.92 Å². The van der Waals surface area contributed by atoms with Crippen molar-refractivity contribution < 1.29 is 34.9 Å². The molecule has 2 N–H and O–H groups in total. The van der Waals surface area contributed by atoms with E-state index < -0.39 is 39.2 Å². The summed E-state index contributed by atoms with van der Waals surface area (Å²) in [5, 5.41) is 4.84. The van der Waals surface area contributed by atoms with Crippen LogP contribution in [0.2, 0.25) is 0 Å². The predicted octanol–water partition coefficient (Wildman–Crippen LogP) is 3.02. The van der Waals surface area contributed by atoms with Crippen LogP contribution in [-0.4, -0.2) is 42.6 Å². The Bertz CT molecular complexity index is 727. The summed E-state index contributed by atoms with van der Waals surface area (Å²) < 4.78 is 93.7. The van der Waals surface area contributed by atoms with E-state index in [-0.39, 0.29) is 12.0 Å². The van der Waals surface area contributed by atoms with Crippen molar-refractivity contribution >= 4 is 16.0 Å². The minimum Gasteiger partial charge on any atom is -0.335 e. The highest BCUT2D eigenvalue weighted by Gasteiger charge is 2.62. The minimum atomic E-state index is -5.81. The van der Waals surface area contributed by atoms with E-state index in [2.05, 4.69) is 24.7 Å². The van der Waals surface area contributed by atoms with E-state index in [4.69, 9.17) is 0 Å². The predicted molar refractivity (Wildman–Crippen MR) is 85.7 cm³/mol. The van der Waals surface area contributed by atoms with Crippen LogP contribution < -0.4 is 10.0 Å². The molecule has 1 aromatic rings. The third-order valence-electron chi connectivity index (χ3n) is 4.43. The van der Waals surface area contributed by atoms with E-state index in [1.54, 1.807) is 13.8 Å². The third-order valence-corrected chi connectivity index (χ3v) is 6.24. The lowest BCUT2D eigenvalue weighted by Gasteiger charge is -2.28. The summed E-state index contributed by atoms with van der Waals surface area (Å²) in [5.74, 6) is -6.82. The quantitative estimate of drug-likeness (QED) is 0.659. The molecule has 1 fully saturated rings. The van der Waals surface area contributed by atoms with Gasteiger partial charge in [-0.05, 0) is 45.4 Å². The number of halogens is 5. The van der Waals surface area contributed by atoms with E-state index in [0.29, 0.717) is 32.2 Å². The molecule has 0 atom stereocenters. The average Bonchev–Trinajstić information content (AvgIpc) is 3.02. The molecule has 2 rings (SSSR count). The fraction of sp³-hybridized carbons (Fsp3) is 0.857. The fourth-order valence-electron chi connectivity index (χ4n) is 2.62. The fourth-order valence-corrected chi connectivity index (χ4v) is 3.42. The Kier molecular flexibility index (Phi) is 6.34. The molecule has 1 aromatic heterocycles. The SMILES string of the molecule is CC(C)S(=O)(=O)NC[C@H]1CC[C@H](Nc2nc(C(F)(F)C(F)(F)F)no2)CC1.